The summed E-state index contributed by atoms with van der Waals surface area (Å²) in [5.41, 5.74) is 6.97. The van der Waals surface area contributed by atoms with Crippen LogP contribution in [0.25, 0.3) is 33.4 Å². The number of aliphatic hydroxyl groups excluding tert-OH is 1. The van der Waals surface area contributed by atoms with Gasteiger partial charge in [0.1, 0.15) is 12.2 Å². The number of aliphatic hydroxyl groups is 1. The third-order valence-corrected chi connectivity index (χ3v) is 6.78. The van der Waals surface area contributed by atoms with Gasteiger partial charge in [0.2, 0.25) is 0 Å². The second kappa shape index (κ2) is 8.01. The average Bonchev–Trinajstić information content (AvgIpc) is 3.51. The van der Waals surface area contributed by atoms with Crippen molar-refractivity contribution in [1.29, 1.82) is 0 Å². The molecule has 162 valence electrons. The third-order valence-electron chi connectivity index (χ3n) is 6.49. The molecule has 4 heterocycles. The Balaban J connectivity index is 1.26. The first-order valence-electron chi connectivity index (χ1n) is 10.9. The van der Waals surface area contributed by atoms with Gasteiger partial charge in [-0.05, 0) is 29.7 Å². The summed E-state index contributed by atoms with van der Waals surface area (Å²) in [6, 6.07) is 22.6. The van der Waals surface area contributed by atoms with Gasteiger partial charge in [0.15, 0.2) is 0 Å². The number of hydrogen-bond donors (Lipinski definition) is 2. The van der Waals surface area contributed by atoms with Crippen molar-refractivity contribution in [2.75, 3.05) is 13.2 Å². The maximum atomic E-state index is 9.97. The van der Waals surface area contributed by atoms with E-state index < -0.39 is 6.10 Å². The Morgan fingerprint density at radius 1 is 0.906 bits per heavy atom. The predicted molar refractivity (Wildman–Crippen MR) is 125 cm³/mol. The SMILES string of the molecule is OC1COC2C(Cc3cc4nc(-c5ccc(-c6ccccc6)cc5)c(Cl)cc4[nH]3)COC12. The van der Waals surface area contributed by atoms with Gasteiger partial charge in [-0.1, -0.05) is 66.2 Å². The highest BCUT2D eigenvalue weighted by atomic mass is 35.5. The number of aromatic amines is 1. The van der Waals surface area contributed by atoms with Crippen LogP contribution in [0.5, 0.6) is 0 Å². The van der Waals surface area contributed by atoms with Crippen LogP contribution in [0.3, 0.4) is 0 Å². The second-order valence-electron chi connectivity index (χ2n) is 8.62. The van der Waals surface area contributed by atoms with Crippen molar-refractivity contribution in [2.45, 2.75) is 24.7 Å². The molecule has 0 spiro atoms. The van der Waals surface area contributed by atoms with Crippen LogP contribution in [0, 0.1) is 5.92 Å². The van der Waals surface area contributed by atoms with E-state index in [1.165, 1.54) is 5.56 Å². The van der Waals surface area contributed by atoms with Crippen LogP contribution >= 0.6 is 11.6 Å². The fraction of sp³-hybridized carbons (Fsp3) is 0.269. The number of hydrogen-bond acceptors (Lipinski definition) is 4. The first-order valence-corrected chi connectivity index (χ1v) is 11.3. The van der Waals surface area contributed by atoms with Crippen LogP contribution in [-0.2, 0) is 15.9 Å². The molecule has 4 atom stereocenters. The number of pyridine rings is 1. The van der Waals surface area contributed by atoms with E-state index in [-0.39, 0.29) is 18.1 Å². The minimum Gasteiger partial charge on any atom is -0.388 e. The first-order chi connectivity index (χ1) is 15.7. The molecule has 2 aromatic carbocycles. The Morgan fingerprint density at radius 3 is 2.44 bits per heavy atom. The highest BCUT2D eigenvalue weighted by Gasteiger charge is 2.46. The maximum Gasteiger partial charge on any atom is 0.112 e. The van der Waals surface area contributed by atoms with Crippen LogP contribution in [0.1, 0.15) is 5.69 Å². The summed E-state index contributed by atoms with van der Waals surface area (Å²) in [5, 5.41) is 10.6. The first kappa shape index (κ1) is 19.9. The molecular weight excluding hydrogens is 424 g/mol. The Kier molecular flexibility index (Phi) is 5.00. The molecule has 0 amide bonds. The number of nitrogens with one attached hydrogen (secondary N) is 1. The minimum atomic E-state index is -0.524. The third kappa shape index (κ3) is 3.51. The number of ether oxygens (including phenoxy) is 2. The number of fused-ring (bicyclic) bond motifs is 2. The second-order valence-corrected chi connectivity index (χ2v) is 9.02. The highest BCUT2D eigenvalue weighted by Crippen LogP contribution is 2.35. The Hall–Kier alpha value is -2.70. The molecule has 5 nitrogen and oxygen atoms in total. The standard InChI is InChI=1S/C26H23ClN2O3/c27-20-12-22-21(11-19(28-22)10-18-13-31-26-23(30)14-32-25(18)26)29-24(20)17-8-6-16(7-9-17)15-4-2-1-3-5-15/h1-9,11-12,18,23,25-26,28,30H,10,13-14H2. The Morgan fingerprint density at radius 2 is 1.62 bits per heavy atom. The van der Waals surface area contributed by atoms with E-state index in [0.29, 0.717) is 18.2 Å². The number of nitrogens with zero attached hydrogens (tertiary/aromatic N) is 1. The molecule has 2 aliphatic heterocycles. The van der Waals surface area contributed by atoms with Crippen molar-refractivity contribution in [2.24, 2.45) is 5.92 Å². The highest BCUT2D eigenvalue weighted by molar-refractivity contribution is 6.33. The minimum absolute atomic E-state index is 0.0494. The fourth-order valence-electron chi connectivity index (χ4n) is 4.87. The molecule has 4 unspecified atom stereocenters. The number of rotatable bonds is 4. The molecule has 0 bridgehead atoms. The van der Waals surface area contributed by atoms with Gasteiger partial charge in [-0.2, -0.15) is 0 Å². The zero-order valence-corrected chi connectivity index (χ0v) is 18.1. The summed E-state index contributed by atoms with van der Waals surface area (Å²) >= 11 is 6.61. The number of aromatic nitrogens is 2. The fourth-order valence-corrected chi connectivity index (χ4v) is 5.13. The molecule has 6 rings (SSSR count). The molecule has 0 saturated carbocycles. The summed E-state index contributed by atoms with van der Waals surface area (Å²) in [5.74, 6) is 0.214. The predicted octanol–water partition coefficient (Wildman–Crippen LogP) is 4.87. The van der Waals surface area contributed by atoms with Crippen LogP contribution in [0.15, 0.2) is 66.7 Å². The topological polar surface area (TPSA) is 67.4 Å². The van der Waals surface area contributed by atoms with Crippen molar-refractivity contribution in [3.8, 4) is 22.4 Å². The molecule has 2 aliphatic rings. The van der Waals surface area contributed by atoms with Crippen molar-refractivity contribution in [1.82, 2.24) is 9.97 Å². The van der Waals surface area contributed by atoms with Gasteiger partial charge in [0.05, 0.1) is 41.1 Å². The van der Waals surface area contributed by atoms with E-state index in [4.69, 9.17) is 26.1 Å². The van der Waals surface area contributed by atoms with Crippen molar-refractivity contribution in [3.05, 3.63) is 77.4 Å². The van der Waals surface area contributed by atoms with E-state index in [2.05, 4.69) is 47.4 Å². The van der Waals surface area contributed by atoms with E-state index in [1.807, 2.05) is 24.3 Å². The lowest BCUT2D eigenvalue weighted by atomic mass is 9.96. The van der Waals surface area contributed by atoms with Gasteiger partial charge in [-0.3, -0.25) is 0 Å². The van der Waals surface area contributed by atoms with E-state index in [1.54, 1.807) is 0 Å². The zero-order chi connectivity index (χ0) is 21.7. The number of halogens is 1. The van der Waals surface area contributed by atoms with E-state index in [0.717, 1.165) is 40.0 Å². The molecule has 2 fully saturated rings. The normalized spacial score (nSPS) is 24.8. The van der Waals surface area contributed by atoms with Crippen molar-refractivity contribution >= 4 is 22.6 Å². The summed E-state index contributed by atoms with van der Waals surface area (Å²) in [7, 11) is 0. The van der Waals surface area contributed by atoms with Gasteiger partial charge in [-0.25, -0.2) is 4.98 Å². The van der Waals surface area contributed by atoms with E-state index in [9.17, 15) is 5.11 Å². The van der Waals surface area contributed by atoms with Crippen molar-refractivity contribution in [3.63, 3.8) is 0 Å². The molecule has 2 saturated heterocycles. The largest absolute Gasteiger partial charge is 0.388 e. The van der Waals surface area contributed by atoms with Crippen molar-refractivity contribution < 1.29 is 14.6 Å². The quantitative estimate of drug-likeness (QED) is 0.469. The monoisotopic (exact) mass is 446 g/mol. The number of H-pyrrole nitrogens is 1. The van der Waals surface area contributed by atoms with Gasteiger partial charge in [0.25, 0.3) is 0 Å². The summed E-state index contributed by atoms with van der Waals surface area (Å²) in [6.45, 7) is 0.942. The molecule has 6 heteroatoms. The Labute approximate surface area is 191 Å². The maximum absolute atomic E-state index is 9.97. The average molecular weight is 447 g/mol. The lowest BCUT2D eigenvalue weighted by Gasteiger charge is -2.14. The zero-order valence-electron chi connectivity index (χ0n) is 17.4. The summed E-state index contributed by atoms with van der Waals surface area (Å²) in [6.07, 6.45) is 0.00117. The number of benzene rings is 2. The summed E-state index contributed by atoms with van der Waals surface area (Å²) in [4.78, 5) is 8.30. The van der Waals surface area contributed by atoms with Gasteiger partial charge in [-0.15, -0.1) is 0 Å². The lowest BCUT2D eigenvalue weighted by molar-refractivity contribution is 0.0169. The molecular formula is C26H23ClN2O3. The van der Waals surface area contributed by atoms with Gasteiger partial charge in [0, 0.05) is 17.2 Å². The Bertz CT molecular complexity index is 1260. The molecule has 2 N–H and O–H groups in total. The van der Waals surface area contributed by atoms with Crippen LogP contribution in [0.4, 0.5) is 0 Å². The molecule has 0 radical (unpaired) electrons. The van der Waals surface area contributed by atoms with Gasteiger partial charge >= 0.3 is 0 Å². The van der Waals surface area contributed by atoms with Crippen LogP contribution in [-0.4, -0.2) is 46.6 Å². The van der Waals surface area contributed by atoms with Crippen LogP contribution < -0.4 is 0 Å². The smallest absolute Gasteiger partial charge is 0.112 e. The molecule has 32 heavy (non-hydrogen) atoms. The summed E-state index contributed by atoms with van der Waals surface area (Å²) < 4.78 is 11.5. The van der Waals surface area contributed by atoms with E-state index >= 15 is 0 Å². The van der Waals surface area contributed by atoms with Gasteiger partial charge < -0.3 is 19.6 Å². The molecule has 2 aromatic heterocycles. The molecule has 4 aromatic rings. The van der Waals surface area contributed by atoms with Crippen LogP contribution in [0.2, 0.25) is 5.02 Å². The molecule has 0 aliphatic carbocycles. The lowest BCUT2D eigenvalue weighted by Crippen LogP contribution is -2.29.